The van der Waals surface area contributed by atoms with Crippen LogP contribution in [0.3, 0.4) is 0 Å². The van der Waals surface area contributed by atoms with Crippen LogP contribution in [0.2, 0.25) is 0 Å². The van der Waals surface area contributed by atoms with E-state index in [4.69, 9.17) is 5.11 Å². The highest BCUT2D eigenvalue weighted by Gasteiger charge is 2.13. The fraction of sp³-hybridized carbons (Fsp3) is 0.125. The molecule has 0 aliphatic heterocycles. The maximum absolute atomic E-state index is 11.3. The molecule has 0 fully saturated rings. The Hall–Kier alpha value is -4.13. The number of ether oxygens (including phenoxy) is 2. The van der Waals surface area contributed by atoms with Gasteiger partial charge in [0, 0.05) is 11.0 Å². The highest BCUT2D eigenvalue weighted by molar-refractivity contribution is 5.98. The van der Waals surface area contributed by atoms with Gasteiger partial charge in [0.1, 0.15) is 5.75 Å². The number of hydrogen-bond donors (Lipinski definition) is 2. The molecule has 0 aromatic heterocycles. The molecule has 7 heteroatoms. The van der Waals surface area contributed by atoms with Crippen LogP contribution in [0, 0.1) is 0 Å². The van der Waals surface area contributed by atoms with Crippen LogP contribution < -0.4 is 0 Å². The Kier molecular flexibility index (Phi) is 8.33. The standard InChI is InChI=1S/C12H12O4.C12H10O3/c1-16-12(15)10(8-11(13)14)7-9-5-3-2-4-6-9;1-15-12(14)9-6-8-4-2-3-5-10(8)11(13)7-9/h2-7H,8H2,1H3,(H,13,14);2-7,13H,1H3. The quantitative estimate of drug-likeness (QED) is 0.471. The average molecular weight is 422 g/mol. The SMILES string of the molecule is COC(=O)C(=Cc1ccccc1)CC(=O)O.COC(=O)c1cc(O)c2ccccc2c1. The van der Waals surface area contributed by atoms with E-state index in [2.05, 4.69) is 9.47 Å². The second-order valence-corrected chi connectivity index (χ2v) is 6.35. The van der Waals surface area contributed by atoms with Gasteiger partial charge in [-0.2, -0.15) is 0 Å². The summed E-state index contributed by atoms with van der Waals surface area (Å²) in [5, 5.41) is 19.9. The number of carboxylic acids is 1. The zero-order valence-corrected chi connectivity index (χ0v) is 17.1. The lowest BCUT2D eigenvalue weighted by atomic mass is 10.1. The molecular formula is C24H22O7. The Morgan fingerprint density at radius 3 is 2.16 bits per heavy atom. The average Bonchev–Trinajstić information content (AvgIpc) is 2.78. The summed E-state index contributed by atoms with van der Waals surface area (Å²) in [6.45, 7) is 0. The van der Waals surface area contributed by atoms with Crippen LogP contribution in [-0.2, 0) is 19.1 Å². The molecule has 0 saturated heterocycles. The first kappa shape index (κ1) is 23.2. The first-order valence-corrected chi connectivity index (χ1v) is 9.21. The van der Waals surface area contributed by atoms with Crippen molar-refractivity contribution in [3.8, 4) is 5.75 Å². The zero-order chi connectivity index (χ0) is 22.8. The lowest BCUT2D eigenvalue weighted by Crippen LogP contribution is -2.09. The normalized spacial score (nSPS) is 10.6. The summed E-state index contributed by atoms with van der Waals surface area (Å²) >= 11 is 0. The van der Waals surface area contributed by atoms with E-state index in [1.165, 1.54) is 26.4 Å². The van der Waals surface area contributed by atoms with Gasteiger partial charge in [0.05, 0.1) is 26.2 Å². The highest BCUT2D eigenvalue weighted by atomic mass is 16.5. The van der Waals surface area contributed by atoms with Crippen molar-refractivity contribution in [2.24, 2.45) is 0 Å². The molecule has 0 saturated carbocycles. The summed E-state index contributed by atoms with van der Waals surface area (Å²) in [5.41, 5.74) is 1.25. The number of esters is 2. The van der Waals surface area contributed by atoms with Gasteiger partial charge in [-0.15, -0.1) is 0 Å². The molecule has 2 N–H and O–H groups in total. The summed E-state index contributed by atoms with van der Waals surface area (Å²) in [5.74, 6) is -2.04. The van der Waals surface area contributed by atoms with Gasteiger partial charge in [-0.1, -0.05) is 54.6 Å². The fourth-order valence-corrected chi connectivity index (χ4v) is 2.75. The van der Waals surface area contributed by atoms with E-state index in [1.807, 2.05) is 36.4 Å². The second-order valence-electron chi connectivity index (χ2n) is 6.35. The van der Waals surface area contributed by atoms with Crippen molar-refractivity contribution in [1.82, 2.24) is 0 Å². The summed E-state index contributed by atoms with van der Waals surface area (Å²) in [6.07, 6.45) is 1.17. The molecule has 0 atom stereocenters. The number of carboxylic acid groups (broad SMARTS) is 1. The van der Waals surface area contributed by atoms with E-state index in [0.29, 0.717) is 5.56 Å². The number of carbonyl (C=O) groups is 3. The number of fused-ring (bicyclic) bond motifs is 1. The molecule has 0 spiro atoms. The number of phenols is 1. The van der Waals surface area contributed by atoms with Gasteiger partial charge in [-0.25, -0.2) is 9.59 Å². The Labute approximate surface area is 179 Å². The van der Waals surface area contributed by atoms with Crippen molar-refractivity contribution in [2.75, 3.05) is 14.2 Å². The van der Waals surface area contributed by atoms with Crippen molar-refractivity contribution < 1.29 is 34.1 Å². The maximum Gasteiger partial charge on any atom is 0.338 e. The van der Waals surface area contributed by atoms with Crippen LogP contribution in [0.1, 0.15) is 22.3 Å². The predicted octanol–water partition coefficient (Wildman–Crippen LogP) is 4.05. The van der Waals surface area contributed by atoms with Gasteiger partial charge < -0.3 is 19.7 Å². The summed E-state index contributed by atoms with van der Waals surface area (Å²) in [7, 11) is 2.54. The highest BCUT2D eigenvalue weighted by Crippen LogP contribution is 2.26. The first-order chi connectivity index (χ1) is 14.8. The summed E-state index contributed by atoms with van der Waals surface area (Å²) in [6, 6.07) is 19.4. The largest absolute Gasteiger partial charge is 0.507 e. The summed E-state index contributed by atoms with van der Waals surface area (Å²) in [4.78, 5) is 33.1. The number of aromatic hydroxyl groups is 1. The number of aliphatic carboxylic acids is 1. The molecule has 0 radical (unpaired) electrons. The Bertz CT molecular complexity index is 1100. The number of hydrogen-bond acceptors (Lipinski definition) is 6. The van der Waals surface area contributed by atoms with Crippen LogP contribution in [0.5, 0.6) is 5.75 Å². The predicted molar refractivity (Wildman–Crippen MR) is 116 cm³/mol. The van der Waals surface area contributed by atoms with Crippen molar-refractivity contribution in [3.05, 3.63) is 83.4 Å². The van der Waals surface area contributed by atoms with Crippen LogP contribution >= 0.6 is 0 Å². The molecule has 7 nitrogen and oxygen atoms in total. The molecule has 3 aromatic carbocycles. The molecule has 3 rings (SSSR count). The second kappa shape index (κ2) is 11.2. The number of phenolic OH excluding ortho intramolecular Hbond substituents is 1. The van der Waals surface area contributed by atoms with E-state index in [9.17, 15) is 19.5 Å². The monoisotopic (exact) mass is 422 g/mol. The number of carbonyl (C=O) groups excluding carboxylic acids is 2. The third-order valence-corrected chi connectivity index (χ3v) is 4.19. The molecule has 0 heterocycles. The van der Waals surface area contributed by atoms with E-state index in [-0.39, 0.29) is 17.7 Å². The van der Waals surface area contributed by atoms with Crippen molar-refractivity contribution in [2.45, 2.75) is 6.42 Å². The lowest BCUT2D eigenvalue weighted by Gasteiger charge is -2.04. The molecule has 0 aliphatic rings. The molecule has 160 valence electrons. The van der Waals surface area contributed by atoms with Gasteiger partial charge in [-0.05, 0) is 29.2 Å². The Morgan fingerprint density at radius 2 is 1.55 bits per heavy atom. The first-order valence-electron chi connectivity index (χ1n) is 9.21. The molecule has 31 heavy (non-hydrogen) atoms. The van der Waals surface area contributed by atoms with Crippen molar-refractivity contribution in [3.63, 3.8) is 0 Å². The minimum atomic E-state index is -1.06. The van der Waals surface area contributed by atoms with Crippen LogP contribution in [-0.4, -0.2) is 42.3 Å². The molecular weight excluding hydrogens is 400 g/mol. The van der Waals surface area contributed by atoms with E-state index < -0.39 is 17.9 Å². The molecule has 0 amide bonds. The van der Waals surface area contributed by atoms with E-state index in [0.717, 1.165) is 16.3 Å². The third kappa shape index (κ3) is 6.71. The van der Waals surface area contributed by atoms with E-state index in [1.54, 1.807) is 24.3 Å². The minimum Gasteiger partial charge on any atom is -0.507 e. The van der Waals surface area contributed by atoms with E-state index >= 15 is 0 Å². The van der Waals surface area contributed by atoms with Gasteiger partial charge in [0.25, 0.3) is 0 Å². The van der Waals surface area contributed by atoms with Gasteiger partial charge in [-0.3, -0.25) is 4.79 Å². The number of rotatable bonds is 5. The van der Waals surface area contributed by atoms with Gasteiger partial charge in [0.2, 0.25) is 0 Å². The van der Waals surface area contributed by atoms with Gasteiger partial charge >= 0.3 is 17.9 Å². The topological polar surface area (TPSA) is 110 Å². The van der Waals surface area contributed by atoms with Crippen LogP contribution in [0.15, 0.2) is 72.3 Å². The minimum absolute atomic E-state index is 0.0912. The zero-order valence-electron chi connectivity index (χ0n) is 17.1. The van der Waals surface area contributed by atoms with Gasteiger partial charge in [0.15, 0.2) is 0 Å². The van der Waals surface area contributed by atoms with Crippen LogP contribution in [0.25, 0.3) is 16.8 Å². The fourth-order valence-electron chi connectivity index (χ4n) is 2.75. The van der Waals surface area contributed by atoms with Crippen LogP contribution in [0.4, 0.5) is 0 Å². The Morgan fingerprint density at radius 1 is 0.903 bits per heavy atom. The Balaban J connectivity index is 0.000000220. The third-order valence-electron chi connectivity index (χ3n) is 4.19. The molecule has 0 aliphatic carbocycles. The maximum atomic E-state index is 11.3. The molecule has 0 unspecified atom stereocenters. The summed E-state index contributed by atoms with van der Waals surface area (Å²) < 4.78 is 9.11. The smallest absolute Gasteiger partial charge is 0.338 e. The number of benzene rings is 3. The van der Waals surface area contributed by atoms with Crippen molar-refractivity contribution in [1.29, 1.82) is 0 Å². The molecule has 0 bridgehead atoms. The number of methoxy groups -OCH3 is 2. The lowest BCUT2D eigenvalue weighted by molar-refractivity contribution is -0.141. The molecule has 3 aromatic rings. The van der Waals surface area contributed by atoms with Crippen molar-refractivity contribution >= 4 is 34.8 Å².